The minimum absolute atomic E-state index is 0.0411. The summed E-state index contributed by atoms with van der Waals surface area (Å²) in [5.41, 5.74) is 5.98. The fourth-order valence-electron chi connectivity index (χ4n) is 3.71. The van der Waals surface area contributed by atoms with E-state index >= 15 is 0 Å². The Hall–Kier alpha value is -3.58. The smallest absolute Gasteiger partial charge is 0.407 e. The van der Waals surface area contributed by atoms with Gasteiger partial charge in [0.25, 0.3) is 0 Å². The number of hydrogen-bond donors (Lipinski definition) is 1. The molecule has 0 saturated heterocycles. The third kappa shape index (κ3) is 4.21. The molecule has 4 heteroatoms. The molecule has 0 radical (unpaired) electrons. The van der Waals surface area contributed by atoms with E-state index in [9.17, 15) is 9.18 Å². The SMILES string of the molecule is Cc1ccc(C#CCCNC(=O)OCC2c3ccccc3-c3ccccc32)cc1F. The number of rotatable bonds is 4. The monoisotopic (exact) mass is 399 g/mol. The molecular formula is C26H22FNO2. The van der Waals surface area contributed by atoms with Crippen LogP contribution in [0.1, 0.15) is 34.6 Å². The summed E-state index contributed by atoms with van der Waals surface area (Å²) < 4.78 is 19.0. The maximum Gasteiger partial charge on any atom is 0.407 e. The highest BCUT2D eigenvalue weighted by Gasteiger charge is 2.28. The third-order valence-electron chi connectivity index (χ3n) is 5.27. The lowest BCUT2D eigenvalue weighted by Gasteiger charge is -2.14. The maximum absolute atomic E-state index is 13.5. The number of amides is 1. The molecule has 3 aromatic rings. The third-order valence-corrected chi connectivity index (χ3v) is 5.27. The van der Waals surface area contributed by atoms with Crippen LogP contribution in [0.2, 0.25) is 0 Å². The van der Waals surface area contributed by atoms with E-state index in [0.29, 0.717) is 24.1 Å². The Labute approximate surface area is 175 Å². The summed E-state index contributed by atoms with van der Waals surface area (Å²) in [5, 5.41) is 2.72. The summed E-state index contributed by atoms with van der Waals surface area (Å²) in [6.45, 7) is 2.37. The highest BCUT2D eigenvalue weighted by atomic mass is 19.1. The molecular weight excluding hydrogens is 377 g/mol. The lowest BCUT2D eigenvalue weighted by molar-refractivity contribution is 0.143. The molecule has 0 unspecified atom stereocenters. The van der Waals surface area contributed by atoms with Gasteiger partial charge in [0.2, 0.25) is 0 Å². The summed E-state index contributed by atoms with van der Waals surface area (Å²) >= 11 is 0. The van der Waals surface area contributed by atoms with Crippen LogP contribution in [0.15, 0.2) is 66.7 Å². The summed E-state index contributed by atoms with van der Waals surface area (Å²) in [7, 11) is 0. The Morgan fingerprint density at radius 1 is 1.03 bits per heavy atom. The Morgan fingerprint density at radius 2 is 1.70 bits per heavy atom. The number of hydrogen-bond acceptors (Lipinski definition) is 2. The second-order valence-electron chi connectivity index (χ2n) is 7.27. The van der Waals surface area contributed by atoms with Crippen molar-refractivity contribution in [2.75, 3.05) is 13.2 Å². The van der Waals surface area contributed by atoms with Crippen LogP contribution in [0.25, 0.3) is 11.1 Å². The zero-order chi connectivity index (χ0) is 20.9. The largest absolute Gasteiger partial charge is 0.449 e. The molecule has 150 valence electrons. The molecule has 3 nitrogen and oxygen atoms in total. The van der Waals surface area contributed by atoms with Gasteiger partial charge in [-0.15, -0.1) is 0 Å². The quantitative estimate of drug-likeness (QED) is 0.470. The first-order valence-electron chi connectivity index (χ1n) is 9.97. The van der Waals surface area contributed by atoms with Gasteiger partial charge in [-0.05, 0) is 46.9 Å². The zero-order valence-electron chi connectivity index (χ0n) is 16.7. The van der Waals surface area contributed by atoms with Crippen LogP contribution in [-0.4, -0.2) is 19.2 Å². The van der Waals surface area contributed by atoms with Crippen LogP contribution in [0, 0.1) is 24.6 Å². The van der Waals surface area contributed by atoms with Gasteiger partial charge >= 0.3 is 6.09 Å². The Bertz CT molecular complexity index is 1100. The number of aryl methyl sites for hydroxylation is 1. The van der Waals surface area contributed by atoms with E-state index in [1.165, 1.54) is 28.3 Å². The van der Waals surface area contributed by atoms with Crippen molar-refractivity contribution in [1.29, 1.82) is 0 Å². The lowest BCUT2D eigenvalue weighted by Crippen LogP contribution is -2.26. The number of carbonyl (C=O) groups excluding carboxylic acids is 1. The van der Waals surface area contributed by atoms with Crippen molar-refractivity contribution >= 4 is 6.09 Å². The molecule has 3 aromatic carbocycles. The van der Waals surface area contributed by atoms with Gasteiger partial charge in [0.05, 0.1) is 0 Å². The Kier molecular flexibility index (Phi) is 5.81. The van der Waals surface area contributed by atoms with Crippen molar-refractivity contribution in [3.63, 3.8) is 0 Å². The number of nitrogens with one attached hydrogen (secondary N) is 1. The Morgan fingerprint density at radius 3 is 2.37 bits per heavy atom. The van der Waals surface area contributed by atoms with Crippen LogP contribution in [-0.2, 0) is 4.74 Å². The van der Waals surface area contributed by atoms with Crippen molar-refractivity contribution in [1.82, 2.24) is 5.32 Å². The van der Waals surface area contributed by atoms with E-state index in [4.69, 9.17) is 4.74 Å². The van der Waals surface area contributed by atoms with Gasteiger partial charge in [0.15, 0.2) is 0 Å². The summed E-state index contributed by atoms with van der Waals surface area (Å²) in [6, 6.07) is 21.4. The van der Waals surface area contributed by atoms with E-state index in [2.05, 4.69) is 41.4 Å². The van der Waals surface area contributed by atoms with E-state index in [1.54, 1.807) is 19.1 Å². The minimum atomic E-state index is -0.458. The minimum Gasteiger partial charge on any atom is -0.449 e. The van der Waals surface area contributed by atoms with E-state index in [-0.39, 0.29) is 18.3 Å². The van der Waals surface area contributed by atoms with Crippen LogP contribution in [0.4, 0.5) is 9.18 Å². The van der Waals surface area contributed by atoms with Crippen molar-refractivity contribution < 1.29 is 13.9 Å². The van der Waals surface area contributed by atoms with Crippen molar-refractivity contribution in [2.45, 2.75) is 19.3 Å². The first-order valence-corrected chi connectivity index (χ1v) is 9.97. The normalized spacial score (nSPS) is 11.8. The first kappa shape index (κ1) is 19.7. The molecule has 1 aliphatic rings. The highest BCUT2D eigenvalue weighted by Crippen LogP contribution is 2.44. The lowest BCUT2D eigenvalue weighted by atomic mass is 9.98. The molecule has 1 N–H and O–H groups in total. The topological polar surface area (TPSA) is 38.3 Å². The summed E-state index contributed by atoms with van der Waals surface area (Å²) in [4.78, 5) is 12.1. The second kappa shape index (κ2) is 8.84. The van der Waals surface area contributed by atoms with E-state index in [0.717, 1.165) is 0 Å². The van der Waals surface area contributed by atoms with E-state index in [1.807, 2.05) is 24.3 Å². The molecule has 0 saturated carbocycles. The van der Waals surface area contributed by atoms with Crippen LogP contribution in [0.5, 0.6) is 0 Å². The predicted molar refractivity (Wildman–Crippen MR) is 116 cm³/mol. The van der Waals surface area contributed by atoms with Gasteiger partial charge in [-0.2, -0.15) is 0 Å². The fraction of sp³-hybridized carbons (Fsp3) is 0.192. The molecule has 1 aliphatic carbocycles. The molecule has 0 atom stereocenters. The Balaban J connectivity index is 1.29. The van der Waals surface area contributed by atoms with Crippen molar-refractivity contribution in [3.05, 3.63) is 94.8 Å². The number of benzene rings is 3. The number of ether oxygens (including phenoxy) is 1. The van der Waals surface area contributed by atoms with Crippen LogP contribution >= 0.6 is 0 Å². The zero-order valence-corrected chi connectivity index (χ0v) is 16.7. The van der Waals surface area contributed by atoms with E-state index < -0.39 is 6.09 Å². The van der Waals surface area contributed by atoms with Gasteiger partial charge in [-0.3, -0.25) is 0 Å². The van der Waals surface area contributed by atoms with Gasteiger partial charge in [0.1, 0.15) is 12.4 Å². The molecule has 0 bridgehead atoms. The fourth-order valence-corrected chi connectivity index (χ4v) is 3.71. The maximum atomic E-state index is 13.5. The van der Waals surface area contributed by atoms with Crippen LogP contribution in [0.3, 0.4) is 0 Å². The standard InChI is InChI=1S/C26H22FNO2/c1-18-13-14-19(16-25(18)27)8-6-7-15-28-26(29)30-17-24-22-11-4-2-9-20(22)21-10-3-5-12-23(21)24/h2-5,9-14,16,24H,7,15,17H2,1H3,(H,28,29). The molecule has 0 fully saturated rings. The summed E-state index contributed by atoms with van der Waals surface area (Å²) in [5.74, 6) is 5.62. The predicted octanol–water partition coefficient (Wildman–Crippen LogP) is 5.41. The molecule has 0 aromatic heterocycles. The van der Waals surface area contributed by atoms with Gasteiger partial charge < -0.3 is 10.1 Å². The molecule has 4 rings (SSSR count). The van der Waals surface area contributed by atoms with Gasteiger partial charge in [-0.25, -0.2) is 9.18 Å². The average molecular weight is 399 g/mol. The molecule has 30 heavy (non-hydrogen) atoms. The van der Waals surface area contributed by atoms with Gasteiger partial charge in [0, 0.05) is 24.4 Å². The summed E-state index contributed by atoms with van der Waals surface area (Å²) in [6.07, 6.45) is -0.000267. The molecule has 0 heterocycles. The first-order chi connectivity index (χ1) is 14.6. The number of carbonyl (C=O) groups is 1. The molecule has 0 spiro atoms. The van der Waals surface area contributed by atoms with Crippen LogP contribution < -0.4 is 5.32 Å². The molecule has 1 amide bonds. The number of fused-ring (bicyclic) bond motifs is 3. The molecule has 0 aliphatic heterocycles. The number of halogens is 1. The van der Waals surface area contributed by atoms with Crippen molar-refractivity contribution in [3.8, 4) is 23.0 Å². The highest BCUT2D eigenvalue weighted by molar-refractivity contribution is 5.79. The second-order valence-corrected chi connectivity index (χ2v) is 7.27. The average Bonchev–Trinajstić information content (AvgIpc) is 3.08. The van der Waals surface area contributed by atoms with Crippen molar-refractivity contribution in [2.24, 2.45) is 0 Å². The van der Waals surface area contributed by atoms with Gasteiger partial charge in [-0.1, -0.05) is 66.4 Å². The number of alkyl carbamates (subject to hydrolysis) is 1.